The maximum Gasteiger partial charge on any atom is 0.319 e. The Kier molecular flexibility index (Phi) is 4.60. The number of hydrogen-bond acceptors (Lipinski definition) is 3. The molecule has 0 radical (unpaired) electrons. The predicted molar refractivity (Wildman–Crippen MR) is 77.7 cm³/mol. The summed E-state index contributed by atoms with van der Waals surface area (Å²) in [5, 5.41) is 6.53. The Morgan fingerprint density at radius 3 is 2.70 bits per heavy atom. The zero-order valence-corrected chi connectivity index (χ0v) is 11.8. The Bertz CT molecular complexity index is 590. The van der Waals surface area contributed by atoms with E-state index in [0.717, 1.165) is 16.6 Å². The summed E-state index contributed by atoms with van der Waals surface area (Å²) in [5.41, 5.74) is 1.83. The topological polar surface area (TPSA) is 64.5 Å². The van der Waals surface area contributed by atoms with E-state index in [9.17, 15) is 4.79 Å². The molecule has 0 bridgehead atoms. The van der Waals surface area contributed by atoms with E-state index in [1.165, 1.54) is 14.2 Å². The van der Waals surface area contributed by atoms with Crippen LogP contribution in [0.4, 0.5) is 10.5 Å². The molecule has 0 aliphatic carbocycles. The minimum Gasteiger partial charge on any atom is -0.354 e. The van der Waals surface area contributed by atoms with E-state index in [2.05, 4.69) is 10.6 Å². The number of benzene rings is 1. The van der Waals surface area contributed by atoms with Crippen LogP contribution in [0.5, 0.6) is 0 Å². The molecular weight excluding hydrogens is 258 g/mol. The predicted octanol–water partition coefficient (Wildman–Crippen LogP) is 1.92. The SMILES string of the molecule is COC(CNC(=O)Nc1cn(C)c2ccccc12)OC. The van der Waals surface area contributed by atoms with E-state index >= 15 is 0 Å². The molecule has 2 aromatic rings. The average Bonchev–Trinajstić information content (AvgIpc) is 2.77. The van der Waals surface area contributed by atoms with E-state index < -0.39 is 6.29 Å². The summed E-state index contributed by atoms with van der Waals surface area (Å²) >= 11 is 0. The molecule has 0 saturated heterocycles. The zero-order chi connectivity index (χ0) is 14.5. The number of ether oxygens (including phenoxy) is 2. The maximum atomic E-state index is 11.9. The minimum absolute atomic E-state index is 0.281. The molecule has 0 saturated carbocycles. The minimum atomic E-state index is -0.451. The van der Waals surface area contributed by atoms with Crippen molar-refractivity contribution in [1.29, 1.82) is 0 Å². The Morgan fingerprint density at radius 1 is 1.30 bits per heavy atom. The Morgan fingerprint density at radius 2 is 2.00 bits per heavy atom. The third-order valence-electron chi connectivity index (χ3n) is 3.10. The average molecular weight is 277 g/mol. The molecule has 0 fully saturated rings. The molecule has 2 amide bonds. The maximum absolute atomic E-state index is 11.9. The first-order valence-corrected chi connectivity index (χ1v) is 6.30. The van der Waals surface area contributed by atoms with Crippen molar-refractivity contribution >= 4 is 22.6 Å². The molecule has 0 spiro atoms. The van der Waals surface area contributed by atoms with Gasteiger partial charge in [-0.3, -0.25) is 0 Å². The van der Waals surface area contributed by atoms with E-state index in [0.29, 0.717) is 0 Å². The Hall–Kier alpha value is -2.05. The van der Waals surface area contributed by atoms with Gasteiger partial charge in [-0.05, 0) is 6.07 Å². The van der Waals surface area contributed by atoms with Crippen LogP contribution in [0.2, 0.25) is 0 Å². The number of nitrogens with zero attached hydrogens (tertiary/aromatic N) is 1. The van der Waals surface area contributed by atoms with Crippen molar-refractivity contribution in [1.82, 2.24) is 9.88 Å². The van der Waals surface area contributed by atoms with Gasteiger partial charge in [0, 0.05) is 38.4 Å². The van der Waals surface area contributed by atoms with Crippen LogP contribution in [0.3, 0.4) is 0 Å². The van der Waals surface area contributed by atoms with Crippen LogP contribution in [-0.2, 0) is 16.5 Å². The van der Waals surface area contributed by atoms with Crippen molar-refractivity contribution < 1.29 is 14.3 Å². The number of anilines is 1. The second kappa shape index (κ2) is 6.40. The van der Waals surface area contributed by atoms with Gasteiger partial charge in [0.15, 0.2) is 6.29 Å². The molecule has 108 valence electrons. The Labute approximate surface area is 117 Å². The molecular formula is C14H19N3O3. The van der Waals surface area contributed by atoms with Crippen molar-refractivity contribution in [2.75, 3.05) is 26.1 Å². The summed E-state index contributed by atoms with van der Waals surface area (Å²) in [6.07, 6.45) is 1.43. The van der Waals surface area contributed by atoms with Gasteiger partial charge in [-0.2, -0.15) is 0 Å². The van der Waals surface area contributed by atoms with Gasteiger partial charge >= 0.3 is 6.03 Å². The largest absolute Gasteiger partial charge is 0.354 e. The van der Waals surface area contributed by atoms with Crippen molar-refractivity contribution in [3.63, 3.8) is 0 Å². The highest BCUT2D eigenvalue weighted by molar-refractivity contribution is 6.01. The van der Waals surface area contributed by atoms with Gasteiger partial charge < -0.3 is 24.7 Å². The van der Waals surface area contributed by atoms with E-state index in [1.807, 2.05) is 42.1 Å². The van der Waals surface area contributed by atoms with Crippen LogP contribution in [-0.4, -0.2) is 37.7 Å². The second-order valence-electron chi connectivity index (χ2n) is 4.41. The molecule has 2 N–H and O–H groups in total. The summed E-state index contributed by atoms with van der Waals surface area (Å²) in [6, 6.07) is 7.59. The number of aryl methyl sites for hydroxylation is 1. The van der Waals surface area contributed by atoms with E-state index in [4.69, 9.17) is 9.47 Å². The second-order valence-corrected chi connectivity index (χ2v) is 4.41. The van der Waals surface area contributed by atoms with Crippen LogP contribution < -0.4 is 10.6 Å². The molecule has 1 heterocycles. The number of para-hydroxylation sites is 1. The molecule has 1 aromatic carbocycles. The van der Waals surface area contributed by atoms with Gasteiger partial charge in [0.2, 0.25) is 0 Å². The standard InChI is InChI=1S/C14H19N3O3/c1-17-9-11(10-6-4-5-7-12(10)17)16-14(18)15-8-13(19-2)20-3/h4-7,9,13H,8H2,1-3H3,(H2,15,16,18). The van der Waals surface area contributed by atoms with E-state index in [-0.39, 0.29) is 12.6 Å². The summed E-state index contributed by atoms with van der Waals surface area (Å²) < 4.78 is 12.0. The van der Waals surface area contributed by atoms with Crippen LogP contribution in [0.1, 0.15) is 0 Å². The zero-order valence-electron chi connectivity index (χ0n) is 11.8. The molecule has 6 heteroatoms. The van der Waals surface area contributed by atoms with Gasteiger partial charge in [-0.15, -0.1) is 0 Å². The number of fused-ring (bicyclic) bond motifs is 1. The smallest absolute Gasteiger partial charge is 0.319 e. The molecule has 0 atom stereocenters. The fraction of sp³-hybridized carbons (Fsp3) is 0.357. The van der Waals surface area contributed by atoms with Crippen molar-refractivity contribution in [2.45, 2.75) is 6.29 Å². The van der Waals surface area contributed by atoms with Gasteiger partial charge in [0.05, 0.1) is 12.2 Å². The number of rotatable bonds is 5. The molecule has 0 aliphatic heterocycles. The summed E-state index contributed by atoms with van der Waals surface area (Å²) in [4.78, 5) is 11.9. The fourth-order valence-corrected chi connectivity index (χ4v) is 2.05. The first-order valence-electron chi connectivity index (χ1n) is 6.30. The number of carbonyl (C=O) groups excluding carboxylic acids is 1. The lowest BCUT2D eigenvalue weighted by molar-refractivity contribution is -0.0970. The van der Waals surface area contributed by atoms with Crippen LogP contribution in [0, 0.1) is 0 Å². The van der Waals surface area contributed by atoms with Crippen LogP contribution in [0.15, 0.2) is 30.5 Å². The van der Waals surface area contributed by atoms with Gasteiger partial charge in [0.25, 0.3) is 0 Å². The highest BCUT2D eigenvalue weighted by atomic mass is 16.7. The van der Waals surface area contributed by atoms with Crippen LogP contribution in [0.25, 0.3) is 10.9 Å². The molecule has 0 aliphatic rings. The first kappa shape index (κ1) is 14.4. The fourth-order valence-electron chi connectivity index (χ4n) is 2.05. The Balaban J connectivity index is 2.03. The van der Waals surface area contributed by atoms with Gasteiger partial charge in [0.1, 0.15) is 0 Å². The normalized spacial score (nSPS) is 11.0. The molecule has 0 unspecified atom stereocenters. The third-order valence-corrected chi connectivity index (χ3v) is 3.10. The summed E-state index contributed by atoms with van der Waals surface area (Å²) in [5.74, 6) is 0. The number of nitrogens with one attached hydrogen (secondary N) is 2. The lowest BCUT2D eigenvalue weighted by atomic mass is 10.2. The van der Waals surface area contributed by atoms with E-state index in [1.54, 1.807) is 0 Å². The summed E-state index contributed by atoms with van der Waals surface area (Å²) in [6.45, 7) is 0.281. The highest BCUT2D eigenvalue weighted by Crippen LogP contribution is 2.24. The van der Waals surface area contributed by atoms with Gasteiger partial charge in [-0.1, -0.05) is 18.2 Å². The molecule has 1 aromatic heterocycles. The summed E-state index contributed by atoms with van der Waals surface area (Å²) in [7, 11) is 4.99. The number of urea groups is 1. The monoisotopic (exact) mass is 277 g/mol. The number of carbonyl (C=O) groups is 1. The number of aromatic nitrogens is 1. The number of amides is 2. The first-order chi connectivity index (χ1) is 9.65. The quantitative estimate of drug-likeness (QED) is 0.821. The highest BCUT2D eigenvalue weighted by Gasteiger charge is 2.11. The van der Waals surface area contributed by atoms with Crippen molar-refractivity contribution in [3.8, 4) is 0 Å². The number of hydrogen-bond donors (Lipinski definition) is 2. The van der Waals surface area contributed by atoms with Crippen LogP contribution >= 0.6 is 0 Å². The molecule has 2 rings (SSSR count). The number of methoxy groups -OCH3 is 2. The lowest BCUT2D eigenvalue weighted by Gasteiger charge is -2.14. The lowest BCUT2D eigenvalue weighted by Crippen LogP contribution is -2.36. The third kappa shape index (κ3) is 3.09. The van der Waals surface area contributed by atoms with Crippen molar-refractivity contribution in [2.24, 2.45) is 7.05 Å². The van der Waals surface area contributed by atoms with Gasteiger partial charge in [-0.25, -0.2) is 4.79 Å². The molecule has 20 heavy (non-hydrogen) atoms. The van der Waals surface area contributed by atoms with Crippen molar-refractivity contribution in [3.05, 3.63) is 30.5 Å². The molecule has 6 nitrogen and oxygen atoms in total.